The highest BCUT2D eigenvalue weighted by Crippen LogP contribution is 2.26. The molecule has 0 heterocycles. The molecule has 0 fully saturated rings. The molecule has 8 heteroatoms. The summed E-state index contributed by atoms with van der Waals surface area (Å²) >= 11 is 0. The zero-order chi connectivity index (χ0) is 16.4. The van der Waals surface area contributed by atoms with E-state index in [4.69, 9.17) is 15.0 Å². The van der Waals surface area contributed by atoms with Crippen LogP contribution in [0.25, 0.3) is 0 Å². The van der Waals surface area contributed by atoms with E-state index in [1.165, 1.54) is 25.3 Å². The zero-order valence-corrected chi connectivity index (χ0v) is 13.0. The van der Waals surface area contributed by atoms with Gasteiger partial charge in [0.2, 0.25) is 0 Å². The van der Waals surface area contributed by atoms with Crippen LogP contribution in [-0.4, -0.2) is 31.8 Å². The number of hydrogen-bond donors (Lipinski definition) is 2. The summed E-state index contributed by atoms with van der Waals surface area (Å²) in [5.41, 5.74) is 6.19. The van der Waals surface area contributed by atoms with E-state index >= 15 is 0 Å². The summed E-state index contributed by atoms with van der Waals surface area (Å²) in [4.78, 5) is -0.256. The number of azo groups is 1. The number of hydrogen-bond acceptors (Lipinski definition) is 6. The molecule has 0 aromatic heterocycles. The van der Waals surface area contributed by atoms with Crippen LogP contribution in [0.1, 0.15) is 6.92 Å². The van der Waals surface area contributed by atoms with Gasteiger partial charge in [0.15, 0.2) is 5.66 Å². The highest BCUT2D eigenvalue weighted by atomic mass is 32.2. The van der Waals surface area contributed by atoms with E-state index in [0.29, 0.717) is 0 Å². The van der Waals surface area contributed by atoms with Crippen molar-refractivity contribution < 1.29 is 17.7 Å². The van der Waals surface area contributed by atoms with E-state index < -0.39 is 21.9 Å². The molecule has 0 bridgehead atoms. The molecule has 1 aromatic carbocycles. The molecule has 0 saturated heterocycles. The number of allylic oxidation sites excluding steroid dienone is 2. The fourth-order valence-corrected chi connectivity index (χ4v) is 2.61. The second-order valence-corrected chi connectivity index (χ2v) is 6.39. The lowest BCUT2D eigenvalue weighted by Gasteiger charge is -2.29. The second-order valence-electron chi connectivity index (χ2n) is 4.96. The third kappa shape index (κ3) is 3.66. The molecule has 0 spiro atoms. The van der Waals surface area contributed by atoms with Gasteiger partial charge in [0.05, 0.1) is 10.6 Å². The monoisotopic (exact) mass is 323 g/mol. The number of benzene rings is 1. The standard InChI is InChI=1S/C14H17N3O4S/c1-10-6-7-13(21-2)14(15,9-10)17-16-11-4-3-5-12(8-11)22(18,19)20/h3-9,13H,15H2,1-2H3,(H,18,19,20)/b17-16+. The summed E-state index contributed by atoms with van der Waals surface area (Å²) in [5.74, 6) is 0. The number of rotatable bonds is 4. The van der Waals surface area contributed by atoms with Crippen LogP contribution in [0.15, 0.2) is 63.2 Å². The molecule has 7 nitrogen and oxygen atoms in total. The van der Waals surface area contributed by atoms with Gasteiger partial charge in [-0.05, 0) is 31.2 Å². The number of ether oxygens (including phenoxy) is 1. The zero-order valence-electron chi connectivity index (χ0n) is 12.2. The van der Waals surface area contributed by atoms with Crippen molar-refractivity contribution in [1.82, 2.24) is 0 Å². The van der Waals surface area contributed by atoms with Crippen molar-refractivity contribution >= 4 is 15.8 Å². The molecule has 0 radical (unpaired) electrons. The molecule has 2 rings (SSSR count). The predicted molar refractivity (Wildman–Crippen MR) is 81.4 cm³/mol. The Morgan fingerprint density at radius 3 is 2.77 bits per heavy atom. The van der Waals surface area contributed by atoms with Crippen molar-refractivity contribution in [3.63, 3.8) is 0 Å². The van der Waals surface area contributed by atoms with Gasteiger partial charge in [-0.2, -0.15) is 18.6 Å². The van der Waals surface area contributed by atoms with Crippen molar-refractivity contribution in [2.24, 2.45) is 16.0 Å². The van der Waals surface area contributed by atoms with E-state index in [1.54, 1.807) is 18.2 Å². The van der Waals surface area contributed by atoms with Crippen LogP contribution in [-0.2, 0) is 14.9 Å². The van der Waals surface area contributed by atoms with Gasteiger partial charge < -0.3 is 4.74 Å². The van der Waals surface area contributed by atoms with Gasteiger partial charge in [-0.15, -0.1) is 0 Å². The highest BCUT2D eigenvalue weighted by molar-refractivity contribution is 7.85. The summed E-state index contributed by atoms with van der Waals surface area (Å²) in [5, 5.41) is 8.06. The minimum atomic E-state index is -4.29. The van der Waals surface area contributed by atoms with Crippen LogP contribution in [0.3, 0.4) is 0 Å². The molecule has 0 amide bonds. The Morgan fingerprint density at radius 1 is 1.41 bits per heavy atom. The van der Waals surface area contributed by atoms with Crippen LogP contribution in [0, 0.1) is 0 Å². The largest absolute Gasteiger partial charge is 0.373 e. The van der Waals surface area contributed by atoms with E-state index in [0.717, 1.165) is 5.57 Å². The first-order valence-corrected chi connectivity index (χ1v) is 7.88. The lowest BCUT2D eigenvalue weighted by atomic mass is 9.95. The molecule has 22 heavy (non-hydrogen) atoms. The first-order valence-electron chi connectivity index (χ1n) is 6.44. The number of nitrogens with zero attached hydrogens (tertiary/aromatic N) is 2. The third-order valence-corrected chi connectivity index (χ3v) is 4.01. The molecule has 1 aliphatic carbocycles. The Labute approximate surface area is 128 Å². The minimum absolute atomic E-state index is 0.256. The van der Waals surface area contributed by atoms with Gasteiger partial charge in [-0.3, -0.25) is 10.3 Å². The molecular formula is C14H17N3O4S. The molecule has 3 N–H and O–H groups in total. The normalized spacial score (nSPS) is 25.5. The molecule has 1 aromatic rings. The van der Waals surface area contributed by atoms with Crippen LogP contribution < -0.4 is 5.73 Å². The smallest absolute Gasteiger partial charge is 0.294 e. The molecule has 0 saturated carbocycles. The van der Waals surface area contributed by atoms with E-state index in [-0.39, 0.29) is 10.6 Å². The molecule has 1 aliphatic rings. The van der Waals surface area contributed by atoms with Crippen molar-refractivity contribution in [3.05, 3.63) is 48.1 Å². The average molecular weight is 323 g/mol. The highest BCUT2D eigenvalue weighted by Gasteiger charge is 2.34. The van der Waals surface area contributed by atoms with Crippen molar-refractivity contribution in [1.29, 1.82) is 0 Å². The second kappa shape index (κ2) is 6.09. The summed E-state index contributed by atoms with van der Waals surface area (Å²) in [6.07, 6.45) is 4.89. The van der Waals surface area contributed by atoms with Gasteiger partial charge in [-0.25, -0.2) is 0 Å². The van der Waals surface area contributed by atoms with Crippen LogP contribution in [0.4, 0.5) is 5.69 Å². The topological polar surface area (TPSA) is 114 Å². The van der Waals surface area contributed by atoms with Crippen molar-refractivity contribution in [3.8, 4) is 0 Å². The Kier molecular flexibility index (Phi) is 4.57. The third-order valence-electron chi connectivity index (χ3n) is 3.16. The van der Waals surface area contributed by atoms with Crippen LogP contribution in [0.2, 0.25) is 0 Å². The summed E-state index contributed by atoms with van der Waals surface area (Å²) < 4.78 is 36.5. The lowest BCUT2D eigenvalue weighted by molar-refractivity contribution is 0.0899. The first-order chi connectivity index (χ1) is 10.2. The fraction of sp³-hybridized carbons (Fsp3) is 0.286. The van der Waals surface area contributed by atoms with E-state index in [9.17, 15) is 8.42 Å². The van der Waals surface area contributed by atoms with Gasteiger partial charge in [0.1, 0.15) is 6.10 Å². The van der Waals surface area contributed by atoms with Gasteiger partial charge in [-0.1, -0.05) is 23.8 Å². The lowest BCUT2D eigenvalue weighted by Crippen LogP contribution is -2.48. The van der Waals surface area contributed by atoms with Crippen molar-refractivity contribution in [2.75, 3.05) is 7.11 Å². The minimum Gasteiger partial charge on any atom is -0.373 e. The molecule has 0 aliphatic heterocycles. The van der Waals surface area contributed by atoms with Gasteiger partial charge >= 0.3 is 0 Å². The van der Waals surface area contributed by atoms with E-state index in [2.05, 4.69) is 10.2 Å². The maximum Gasteiger partial charge on any atom is 0.294 e. The predicted octanol–water partition coefficient (Wildman–Crippen LogP) is 2.20. The maximum atomic E-state index is 11.1. The molecule has 2 atom stereocenters. The molecule has 2 unspecified atom stereocenters. The van der Waals surface area contributed by atoms with Gasteiger partial charge in [0.25, 0.3) is 10.1 Å². The molecule has 118 valence electrons. The molecular weight excluding hydrogens is 306 g/mol. The average Bonchev–Trinajstić information content (AvgIpc) is 2.45. The Bertz CT molecular complexity index is 755. The SMILES string of the molecule is COC1C=CC(C)=CC1(N)/N=N/c1cccc(S(=O)(=O)O)c1. The fourth-order valence-electron chi connectivity index (χ4n) is 2.09. The maximum absolute atomic E-state index is 11.1. The van der Waals surface area contributed by atoms with Crippen LogP contribution >= 0.6 is 0 Å². The first kappa shape index (κ1) is 16.5. The van der Waals surface area contributed by atoms with Crippen molar-refractivity contribution in [2.45, 2.75) is 23.6 Å². The van der Waals surface area contributed by atoms with Gasteiger partial charge in [0, 0.05) is 7.11 Å². The Hall–Kier alpha value is -1.87. The summed E-state index contributed by atoms with van der Waals surface area (Å²) in [6, 6.07) is 5.48. The summed E-state index contributed by atoms with van der Waals surface area (Å²) in [7, 11) is -2.78. The Balaban J connectivity index is 2.33. The van der Waals surface area contributed by atoms with Crippen LogP contribution in [0.5, 0.6) is 0 Å². The summed E-state index contributed by atoms with van der Waals surface area (Å²) in [6.45, 7) is 1.87. The Morgan fingerprint density at radius 2 is 2.14 bits per heavy atom. The quantitative estimate of drug-likeness (QED) is 0.651. The number of nitrogens with two attached hydrogens (primary N) is 1. The number of methoxy groups -OCH3 is 1. The van der Waals surface area contributed by atoms with E-state index in [1.807, 2.05) is 13.0 Å².